The Kier molecular flexibility index (Phi) is 5.08. The lowest BCUT2D eigenvalue weighted by Crippen LogP contribution is -2.39. The van der Waals surface area contributed by atoms with Gasteiger partial charge in [-0.3, -0.25) is 14.6 Å². The van der Waals surface area contributed by atoms with Crippen molar-refractivity contribution in [2.24, 2.45) is 10.3 Å². The Morgan fingerprint density at radius 2 is 1.91 bits per heavy atom. The summed E-state index contributed by atoms with van der Waals surface area (Å²) in [6, 6.07) is 10.6. The number of anilines is 1. The summed E-state index contributed by atoms with van der Waals surface area (Å²) in [7, 11) is 0. The third kappa shape index (κ3) is 3.81. The van der Waals surface area contributed by atoms with Crippen LogP contribution in [0.4, 0.5) is 10.1 Å². The number of benzene rings is 2. The van der Waals surface area contributed by atoms with Gasteiger partial charge in [0.05, 0.1) is 11.8 Å². The molecule has 11 heteroatoms. The van der Waals surface area contributed by atoms with Crippen molar-refractivity contribution in [3.05, 3.63) is 60.2 Å². The first kappa shape index (κ1) is 20.7. The number of amides is 2. The quantitative estimate of drug-likeness (QED) is 0.530. The molecular weight excluding hydrogens is 431 g/mol. The zero-order valence-corrected chi connectivity index (χ0v) is 17.8. The molecule has 0 aliphatic carbocycles. The van der Waals surface area contributed by atoms with Crippen molar-refractivity contribution in [1.29, 1.82) is 0 Å². The van der Waals surface area contributed by atoms with Crippen LogP contribution in [0.25, 0.3) is 11.4 Å². The third-order valence-electron chi connectivity index (χ3n) is 5.17. The van der Waals surface area contributed by atoms with E-state index in [1.165, 1.54) is 23.2 Å². The Balaban J connectivity index is 1.31. The van der Waals surface area contributed by atoms with Gasteiger partial charge in [0, 0.05) is 5.56 Å². The standard InChI is InChI=1S/C22H19FN6O4/c1-12(2)32-16-8-6-13(7-9-16)20-24-17(33-26-20)11-28-19-18(25-27-28)21(30)29(22(19)31)15-5-3-4-14(23)10-15/h3-10,12,18-19H,11H2,1-2H3. The van der Waals surface area contributed by atoms with Gasteiger partial charge in [0.2, 0.25) is 11.7 Å². The van der Waals surface area contributed by atoms with E-state index in [0.717, 1.165) is 22.3 Å². The maximum Gasteiger partial charge on any atom is 0.263 e. The number of nitrogens with zero attached hydrogens (tertiary/aromatic N) is 6. The molecule has 3 heterocycles. The zero-order chi connectivity index (χ0) is 23.1. The van der Waals surface area contributed by atoms with Crippen molar-refractivity contribution in [1.82, 2.24) is 15.1 Å². The van der Waals surface area contributed by atoms with Crippen molar-refractivity contribution in [2.45, 2.75) is 38.6 Å². The van der Waals surface area contributed by atoms with E-state index >= 15 is 0 Å². The lowest BCUT2D eigenvalue weighted by atomic mass is 10.1. The molecule has 0 spiro atoms. The van der Waals surface area contributed by atoms with Crippen molar-refractivity contribution >= 4 is 17.5 Å². The first-order chi connectivity index (χ1) is 15.9. The van der Waals surface area contributed by atoms with Gasteiger partial charge in [0.1, 0.15) is 18.1 Å². The number of hydrogen-bond donors (Lipinski definition) is 0. The summed E-state index contributed by atoms with van der Waals surface area (Å²) in [6.45, 7) is 3.88. The highest BCUT2D eigenvalue weighted by molar-refractivity contribution is 6.25. The van der Waals surface area contributed by atoms with Gasteiger partial charge in [-0.25, -0.2) is 9.29 Å². The normalized spacial score (nSPS) is 19.6. The second-order valence-corrected chi connectivity index (χ2v) is 7.89. The summed E-state index contributed by atoms with van der Waals surface area (Å²) < 4.78 is 24.6. The van der Waals surface area contributed by atoms with E-state index in [9.17, 15) is 14.0 Å². The van der Waals surface area contributed by atoms with Crippen molar-refractivity contribution in [2.75, 3.05) is 4.90 Å². The molecule has 0 N–H and O–H groups in total. The van der Waals surface area contributed by atoms with E-state index in [1.54, 1.807) is 0 Å². The van der Waals surface area contributed by atoms with Gasteiger partial charge in [-0.15, -0.1) is 0 Å². The van der Waals surface area contributed by atoms with E-state index in [-0.39, 0.29) is 24.2 Å². The molecule has 1 aromatic heterocycles. The Morgan fingerprint density at radius 1 is 1.12 bits per heavy atom. The summed E-state index contributed by atoms with van der Waals surface area (Å²) in [5.41, 5.74) is 0.881. The maximum absolute atomic E-state index is 13.6. The molecule has 5 rings (SSSR count). The number of imide groups is 1. The van der Waals surface area contributed by atoms with E-state index < -0.39 is 29.7 Å². The number of hydrogen-bond acceptors (Lipinski definition) is 9. The molecule has 2 amide bonds. The molecule has 2 unspecified atom stereocenters. The predicted octanol–water partition coefficient (Wildman–Crippen LogP) is 3.16. The fourth-order valence-corrected chi connectivity index (χ4v) is 3.75. The Bertz CT molecular complexity index is 1240. The Hall–Kier alpha value is -4.15. The van der Waals surface area contributed by atoms with E-state index in [0.29, 0.717) is 5.82 Å². The molecular formula is C22H19FN6O4. The Morgan fingerprint density at radius 3 is 2.64 bits per heavy atom. The molecule has 0 saturated carbocycles. The minimum atomic E-state index is -1.00. The monoisotopic (exact) mass is 450 g/mol. The largest absolute Gasteiger partial charge is 0.491 e. The zero-order valence-electron chi connectivity index (χ0n) is 17.8. The maximum atomic E-state index is 13.6. The van der Waals surface area contributed by atoms with Crippen LogP contribution in [0.2, 0.25) is 0 Å². The minimum absolute atomic E-state index is 0.0117. The summed E-state index contributed by atoms with van der Waals surface area (Å²) in [5, 5.41) is 13.2. The lowest BCUT2D eigenvalue weighted by Gasteiger charge is -2.19. The van der Waals surface area contributed by atoms with Crippen LogP contribution in [0.1, 0.15) is 19.7 Å². The number of carbonyl (C=O) groups is 2. The van der Waals surface area contributed by atoms with Crippen LogP contribution in [0.5, 0.6) is 5.75 Å². The summed E-state index contributed by atoms with van der Waals surface area (Å²) in [6.07, 6.45) is 0.0631. The highest BCUT2D eigenvalue weighted by atomic mass is 19.1. The lowest BCUT2D eigenvalue weighted by molar-refractivity contribution is -0.123. The molecule has 10 nitrogen and oxygen atoms in total. The molecule has 1 saturated heterocycles. The number of rotatable bonds is 6. The fraction of sp³-hybridized carbons (Fsp3) is 0.273. The van der Waals surface area contributed by atoms with Gasteiger partial charge in [-0.1, -0.05) is 16.4 Å². The molecule has 2 atom stereocenters. The molecule has 1 fully saturated rings. The van der Waals surface area contributed by atoms with Gasteiger partial charge in [-0.2, -0.15) is 10.1 Å². The van der Waals surface area contributed by atoms with Crippen LogP contribution in [0, 0.1) is 5.82 Å². The van der Waals surface area contributed by atoms with Crippen molar-refractivity contribution in [3.8, 4) is 17.1 Å². The molecule has 0 bridgehead atoms. The minimum Gasteiger partial charge on any atom is -0.491 e. The molecule has 3 aromatic rings. The molecule has 168 valence electrons. The highest BCUT2D eigenvalue weighted by Gasteiger charge is 2.55. The van der Waals surface area contributed by atoms with Gasteiger partial charge in [0.25, 0.3) is 11.8 Å². The number of halogens is 1. The van der Waals surface area contributed by atoms with Crippen molar-refractivity contribution < 1.29 is 23.2 Å². The van der Waals surface area contributed by atoms with E-state index in [1.807, 2.05) is 38.1 Å². The molecule has 33 heavy (non-hydrogen) atoms. The number of carbonyl (C=O) groups excluding carboxylic acids is 2. The molecule has 2 aliphatic heterocycles. The van der Waals surface area contributed by atoms with Crippen LogP contribution >= 0.6 is 0 Å². The third-order valence-corrected chi connectivity index (χ3v) is 5.17. The molecule has 0 radical (unpaired) electrons. The van der Waals surface area contributed by atoms with E-state index in [4.69, 9.17) is 9.26 Å². The van der Waals surface area contributed by atoms with E-state index in [2.05, 4.69) is 20.5 Å². The summed E-state index contributed by atoms with van der Waals surface area (Å²) in [5.74, 6) is -0.350. The number of fused-ring (bicyclic) bond motifs is 1. The average molecular weight is 450 g/mol. The highest BCUT2D eigenvalue weighted by Crippen LogP contribution is 2.33. The smallest absolute Gasteiger partial charge is 0.263 e. The number of ether oxygens (including phenoxy) is 1. The first-order valence-corrected chi connectivity index (χ1v) is 10.3. The molecule has 2 aromatic carbocycles. The van der Waals surface area contributed by atoms with Crippen LogP contribution in [-0.4, -0.2) is 45.2 Å². The SMILES string of the molecule is CC(C)Oc1ccc(-c2noc(CN3N=NC4C(=O)N(c5cccc(F)c5)C(=O)C43)n2)cc1. The Labute approximate surface area is 187 Å². The van der Waals surface area contributed by atoms with Gasteiger partial charge < -0.3 is 9.26 Å². The second-order valence-electron chi connectivity index (χ2n) is 7.89. The van der Waals surface area contributed by atoms with Crippen LogP contribution in [0.3, 0.4) is 0 Å². The topological polar surface area (TPSA) is 113 Å². The number of aromatic nitrogens is 2. The second kappa shape index (κ2) is 8.08. The first-order valence-electron chi connectivity index (χ1n) is 10.3. The van der Waals surface area contributed by atoms with Gasteiger partial charge in [-0.05, 0) is 56.3 Å². The fourth-order valence-electron chi connectivity index (χ4n) is 3.75. The molecule has 2 aliphatic rings. The summed E-state index contributed by atoms with van der Waals surface area (Å²) in [4.78, 5) is 31.0. The predicted molar refractivity (Wildman–Crippen MR) is 112 cm³/mol. The van der Waals surface area contributed by atoms with Crippen molar-refractivity contribution in [3.63, 3.8) is 0 Å². The van der Waals surface area contributed by atoms with Crippen LogP contribution < -0.4 is 9.64 Å². The van der Waals surface area contributed by atoms with Crippen LogP contribution in [-0.2, 0) is 16.1 Å². The van der Waals surface area contributed by atoms with Crippen LogP contribution in [0.15, 0.2) is 63.4 Å². The van der Waals surface area contributed by atoms with Gasteiger partial charge in [0.15, 0.2) is 12.1 Å². The summed E-state index contributed by atoms with van der Waals surface area (Å²) >= 11 is 0. The average Bonchev–Trinajstić information content (AvgIpc) is 3.47. The van der Waals surface area contributed by atoms with Gasteiger partial charge >= 0.3 is 0 Å².